The Morgan fingerprint density at radius 2 is 1.83 bits per heavy atom. The molecule has 1 rings (SSSR count). The molecule has 0 radical (unpaired) electrons. The van der Waals surface area contributed by atoms with Crippen molar-refractivity contribution in [3.8, 4) is 0 Å². The van der Waals surface area contributed by atoms with Gasteiger partial charge in [0.25, 0.3) is 0 Å². The summed E-state index contributed by atoms with van der Waals surface area (Å²) in [6, 6.07) is 10.6. The van der Waals surface area contributed by atoms with E-state index in [0.29, 0.717) is 4.83 Å². The molecule has 0 spiro atoms. The molecule has 0 fully saturated rings. The summed E-state index contributed by atoms with van der Waals surface area (Å²) < 4.78 is 0. The topological polar surface area (TPSA) is 0 Å². The molecule has 0 aliphatic heterocycles. The van der Waals surface area contributed by atoms with Crippen molar-refractivity contribution < 1.29 is 0 Å². The molecule has 12 heavy (non-hydrogen) atoms. The summed E-state index contributed by atoms with van der Waals surface area (Å²) in [6.45, 7) is 0. The molecule has 0 N–H and O–H groups in total. The SMILES string of the molecule is BrCC(Br)CCc1ccccc1. The van der Waals surface area contributed by atoms with Crippen molar-refractivity contribution in [2.24, 2.45) is 0 Å². The van der Waals surface area contributed by atoms with Gasteiger partial charge in [-0.05, 0) is 18.4 Å². The fourth-order valence-electron chi connectivity index (χ4n) is 1.05. The molecular weight excluding hydrogens is 280 g/mol. The van der Waals surface area contributed by atoms with Crippen molar-refractivity contribution in [1.29, 1.82) is 0 Å². The van der Waals surface area contributed by atoms with Gasteiger partial charge < -0.3 is 0 Å². The number of alkyl halides is 2. The van der Waals surface area contributed by atoms with Gasteiger partial charge in [0.2, 0.25) is 0 Å². The summed E-state index contributed by atoms with van der Waals surface area (Å²) in [5, 5.41) is 1.03. The van der Waals surface area contributed by atoms with Crippen LogP contribution in [0.5, 0.6) is 0 Å². The highest BCUT2D eigenvalue weighted by Crippen LogP contribution is 2.12. The molecule has 0 aromatic heterocycles. The zero-order valence-electron chi connectivity index (χ0n) is 6.84. The largest absolute Gasteiger partial charge is 0.0916 e. The first-order valence-corrected chi connectivity index (χ1v) is 6.10. The van der Waals surface area contributed by atoms with E-state index in [1.165, 1.54) is 12.0 Å². The Morgan fingerprint density at radius 3 is 2.42 bits per heavy atom. The summed E-state index contributed by atoms with van der Waals surface area (Å²) in [7, 11) is 0. The predicted molar refractivity (Wildman–Crippen MR) is 61.3 cm³/mol. The van der Waals surface area contributed by atoms with Crippen molar-refractivity contribution in [3.05, 3.63) is 35.9 Å². The van der Waals surface area contributed by atoms with Crippen LogP contribution in [0.1, 0.15) is 12.0 Å². The Balaban J connectivity index is 2.33. The molecule has 0 saturated carbocycles. The lowest BCUT2D eigenvalue weighted by Crippen LogP contribution is -2.00. The molecule has 1 aromatic rings. The fourth-order valence-corrected chi connectivity index (χ4v) is 1.60. The molecule has 0 aliphatic rings. The Bertz CT molecular complexity index is 208. The van der Waals surface area contributed by atoms with E-state index in [1.54, 1.807) is 0 Å². The van der Waals surface area contributed by atoms with Crippen LogP contribution in [0.4, 0.5) is 0 Å². The maximum atomic E-state index is 3.59. The van der Waals surface area contributed by atoms with Crippen molar-refractivity contribution in [2.45, 2.75) is 17.7 Å². The predicted octanol–water partition coefficient (Wildman–Crippen LogP) is 3.78. The van der Waals surface area contributed by atoms with Crippen molar-refractivity contribution in [1.82, 2.24) is 0 Å². The lowest BCUT2D eigenvalue weighted by Gasteiger charge is -2.04. The standard InChI is InChI=1S/C10H12Br2/c11-8-10(12)7-6-9-4-2-1-3-5-9/h1-5,10H,6-8H2. The molecule has 2 heteroatoms. The van der Waals surface area contributed by atoms with Gasteiger partial charge in [0.05, 0.1) is 0 Å². The van der Waals surface area contributed by atoms with Gasteiger partial charge >= 0.3 is 0 Å². The Morgan fingerprint density at radius 1 is 1.17 bits per heavy atom. The van der Waals surface area contributed by atoms with Crippen molar-refractivity contribution in [2.75, 3.05) is 5.33 Å². The third kappa shape index (κ3) is 3.72. The summed E-state index contributed by atoms with van der Waals surface area (Å²) in [5.74, 6) is 0. The molecule has 1 unspecified atom stereocenters. The molecule has 0 saturated heterocycles. The highest BCUT2D eigenvalue weighted by Gasteiger charge is 2.01. The maximum absolute atomic E-state index is 3.59. The Labute approximate surface area is 90.6 Å². The molecular formula is C10H12Br2. The number of rotatable bonds is 4. The fraction of sp³-hybridized carbons (Fsp3) is 0.400. The quantitative estimate of drug-likeness (QED) is 0.741. The number of benzene rings is 1. The van der Waals surface area contributed by atoms with Gasteiger partial charge in [-0.1, -0.05) is 62.2 Å². The van der Waals surface area contributed by atoms with Crippen LogP contribution in [0.3, 0.4) is 0 Å². The minimum absolute atomic E-state index is 0.595. The third-order valence-corrected chi connectivity index (χ3v) is 4.19. The van der Waals surface area contributed by atoms with Crippen LogP contribution in [0.2, 0.25) is 0 Å². The first kappa shape index (κ1) is 10.3. The first-order chi connectivity index (χ1) is 5.83. The van der Waals surface area contributed by atoms with Crippen LogP contribution in [0.15, 0.2) is 30.3 Å². The molecule has 66 valence electrons. The van der Waals surface area contributed by atoms with E-state index in [2.05, 4.69) is 62.2 Å². The van der Waals surface area contributed by atoms with Crippen molar-refractivity contribution >= 4 is 31.9 Å². The van der Waals surface area contributed by atoms with E-state index >= 15 is 0 Å². The zero-order chi connectivity index (χ0) is 8.81. The molecule has 0 amide bonds. The second-order valence-electron chi connectivity index (χ2n) is 2.78. The van der Waals surface area contributed by atoms with Gasteiger partial charge in [-0.15, -0.1) is 0 Å². The van der Waals surface area contributed by atoms with Gasteiger partial charge in [0.15, 0.2) is 0 Å². The second-order valence-corrected chi connectivity index (χ2v) is 4.72. The van der Waals surface area contributed by atoms with E-state index in [-0.39, 0.29) is 0 Å². The highest BCUT2D eigenvalue weighted by molar-refractivity contribution is 9.12. The van der Waals surface area contributed by atoms with Crippen LogP contribution in [0.25, 0.3) is 0 Å². The zero-order valence-corrected chi connectivity index (χ0v) is 10.0. The second kappa shape index (κ2) is 5.76. The van der Waals surface area contributed by atoms with Crippen LogP contribution < -0.4 is 0 Å². The molecule has 0 bridgehead atoms. The summed E-state index contributed by atoms with van der Waals surface area (Å²) in [5.41, 5.74) is 1.42. The monoisotopic (exact) mass is 290 g/mol. The van der Waals surface area contributed by atoms with Gasteiger partial charge in [0, 0.05) is 10.2 Å². The lowest BCUT2D eigenvalue weighted by molar-refractivity contribution is 0.832. The van der Waals surface area contributed by atoms with Crippen LogP contribution in [-0.4, -0.2) is 10.2 Å². The summed E-state index contributed by atoms with van der Waals surface area (Å²) in [6.07, 6.45) is 2.34. The molecule has 0 nitrogen and oxygen atoms in total. The van der Waals surface area contributed by atoms with Gasteiger partial charge in [-0.25, -0.2) is 0 Å². The van der Waals surface area contributed by atoms with Gasteiger partial charge in [0.1, 0.15) is 0 Å². The molecule has 0 heterocycles. The summed E-state index contributed by atoms with van der Waals surface area (Å²) in [4.78, 5) is 0.595. The van der Waals surface area contributed by atoms with Crippen LogP contribution in [-0.2, 0) is 6.42 Å². The van der Waals surface area contributed by atoms with E-state index in [0.717, 1.165) is 11.8 Å². The number of halogens is 2. The highest BCUT2D eigenvalue weighted by atomic mass is 79.9. The van der Waals surface area contributed by atoms with Gasteiger partial charge in [-0.2, -0.15) is 0 Å². The Hall–Kier alpha value is 0.180. The Kier molecular flexibility index (Phi) is 4.93. The number of aryl methyl sites for hydroxylation is 1. The summed E-state index contributed by atoms with van der Waals surface area (Å²) >= 11 is 7.03. The third-order valence-electron chi connectivity index (χ3n) is 1.76. The van der Waals surface area contributed by atoms with E-state index in [1.807, 2.05) is 0 Å². The van der Waals surface area contributed by atoms with Gasteiger partial charge in [-0.3, -0.25) is 0 Å². The molecule has 0 aliphatic carbocycles. The van der Waals surface area contributed by atoms with E-state index in [9.17, 15) is 0 Å². The van der Waals surface area contributed by atoms with E-state index < -0.39 is 0 Å². The van der Waals surface area contributed by atoms with Crippen molar-refractivity contribution in [3.63, 3.8) is 0 Å². The number of hydrogen-bond donors (Lipinski definition) is 0. The number of hydrogen-bond acceptors (Lipinski definition) is 0. The average molecular weight is 292 g/mol. The normalized spacial score (nSPS) is 12.8. The minimum atomic E-state index is 0.595. The maximum Gasteiger partial charge on any atom is 0.0245 e. The average Bonchev–Trinajstić information content (AvgIpc) is 2.16. The first-order valence-electron chi connectivity index (χ1n) is 4.07. The van der Waals surface area contributed by atoms with E-state index in [4.69, 9.17) is 0 Å². The van der Waals surface area contributed by atoms with Crippen LogP contribution >= 0.6 is 31.9 Å². The molecule has 1 aromatic carbocycles. The van der Waals surface area contributed by atoms with Crippen LogP contribution in [0, 0.1) is 0 Å². The molecule has 1 atom stereocenters. The lowest BCUT2D eigenvalue weighted by atomic mass is 10.1. The smallest absolute Gasteiger partial charge is 0.0245 e. The minimum Gasteiger partial charge on any atom is -0.0916 e.